The molecule has 12 aromatic carbocycles. The van der Waals surface area contributed by atoms with Crippen molar-refractivity contribution in [2.75, 3.05) is 4.90 Å². The van der Waals surface area contributed by atoms with E-state index in [0.717, 1.165) is 5.69 Å². The lowest BCUT2D eigenvalue weighted by molar-refractivity contribution is 0.660. The Kier molecular flexibility index (Phi) is 7.42. The fourth-order valence-electron chi connectivity index (χ4n) is 11.1. The maximum Gasteiger partial charge on any atom is 0.0546 e. The molecule has 0 saturated carbocycles. The Morgan fingerprint density at radius 3 is 1.44 bits per heavy atom. The second-order valence-electron chi connectivity index (χ2n) is 17.6. The van der Waals surface area contributed by atoms with Gasteiger partial charge in [0.1, 0.15) is 0 Å². The lowest BCUT2D eigenvalue weighted by Gasteiger charge is -2.31. The van der Waals surface area contributed by atoms with Crippen molar-refractivity contribution >= 4 is 81.7 Å². The zero-order valence-corrected chi connectivity index (χ0v) is 34.7. The SMILES string of the molecule is CC1(C)c2ccccc2-c2c(N(c3ccc(-c4ccc(-c5ccccc5)cc4)cc3)c3cc4cccc5c6cccc7ccc8cccc(c9cccc3c9c45)c8c76)cccc21. The predicted molar refractivity (Wildman–Crippen MR) is 266 cm³/mol. The number of anilines is 3. The predicted octanol–water partition coefficient (Wildman–Crippen LogP) is 17.2. The summed E-state index contributed by atoms with van der Waals surface area (Å²) in [6.07, 6.45) is 0. The van der Waals surface area contributed by atoms with Crippen LogP contribution in [0.2, 0.25) is 0 Å². The van der Waals surface area contributed by atoms with Crippen LogP contribution in [0.4, 0.5) is 17.1 Å². The number of hydrogen-bond acceptors (Lipinski definition) is 1. The standard InChI is InChI=1S/C61H41N/c1-61(2)52-24-7-6-18-50(52)60-53(61)25-12-26-54(60)62(45-35-33-41(34-36-45)40-29-27-39(28-30-40)38-13-4-3-5-14-38)55-37-44-17-10-21-47-46-19-8-15-42-31-32-43-16-9-20-48(57(43)56(42)46)49-22-11-23-51(55)59(49)58(44)47/h3-37H,1-2H3. The van der Waals surface area contributed by atoms with E-state index in [9.17, 15) is 0 Å². The first kappa shape index (κ1) is 35.1. The minimum absolute atomic E-state index is 0.138. The van der Waals surface area contributed by atoms with Crippen molar-refractivity contribution < 1.29 is 0 Å². The average Bonchev–Trinajstić information content (AvgIpc) is 3.57. The van der Waals surface area contributed by atoms with Gasteiger partial charge in [0.15, 0.2) is 0 Å². The van der Waals surface area contributed by atoms with Crippen LogP contribution in [0, 0.1) is 0 Å². The molecule has 0 saturated heterocycles. The molecule has 0 atom stereocenters. The van der Waals surface area contributed by atoms with Gasteiger partial charge in [0.25, 0.3) is 0 Å². The van der Waals surface area contributed by atoms with Gasteiger partial charge in [-0.3, -0.25) is 0 Å². The van der Waals surface area contributed by atoms with Crippen molar-refractivity contribution in [2.45, 2.75) is 19.3 Å². The fourth-order valence-corrected chi connectivity index (χ4v) is 11.1. The Labute approximate surface area is 361 Å². The van der Waals surface area contributed by atoms with Crippen LogP contribution >= 0.6 is 0 Å². The molecule has 0 spiro atoms. The summed E-state index contributed by atoms with van der Waals surface area (Å²) in [5, 5.41) is 15.4. The van der Waals surface area contributed by atoms with Gasteiger partial charge in [-0.15, -0.1) is 0 Å². The summed E-state index contributed by atoms with van der Waals surface area (Å²) in [5.74, 6) is 0. The molecule has 1 aliphatic carbocycles. The molecule has 62 heavy (non-hydrogen) atoms. The quantitative estimate of drug-likeness (QED) is 0.157. The first-order chi connectivity index (χ1) is 30.5. The minimum atomic E-state index is -0.138. The maximum absolute atomic E-state index is 2.55. The molecule has 1 nitrogen and oxygen atoms in total. The van der Waals surface area contributed by atoms with Gasteiger partial charge in [-0.05, 0) is 117 Å². The number of fused-ring (bicyclic) bond motifs is 5. The van der Waals surface area contributed by atoms with E-state index >= 15 is 0 Å². The van der Waals surface area contributed by atoms with Crippen LogP contribution in [0.15, 0.2) is 212 Å². The molecule has 0 unspecified atom stereocenters. The summed E-state index contributed by atoms with van der Waals surface area (Å²) in [5.41, 5.74) is 13.5. The van der Waals surface area contributed by atoms with E-state index in [0.29, 0.717) is 0 Å². The van der Waals surface area contributed by atoms with Crippen molar-refractivity contribution in [3.63, 3.8) is 0 Å². The smallest absolute Gasteiger partial charge is 0.0546 e. The third-order valence-electron chi connectivity index (χ3n) is 14.0. The summed E-state index contributed by atoms with van der Waals surface area (Å²) in [4.78, 5) is 2.55. The monoisotopic (exact) mass is 787 g/mol. The Hall–Kier alpha value is -7.74. The highest BCUT2D eigenvalue weighted by molar-refractivity contribution is 6.38. The van der Waals surface area contributed by atoms with Crippen molar-refractivity contribution in [3.8, 4) is 33.4 Å². The highest BCUT2D eigenvalue weighted by Crippen LogP contribution is 2.56. The second kappa shape index (κ2) is 13.1. The Morgan fingerprint density at radius 2 is 0.790 bits per heavy atom. The molecule has 13 rings (SSSR count). The van der Waals surface area contributed by atoms with Gasteiger partial charge in [0.2, 0.25) is 0 Å². The highest BCUT2D eigenvalue weighted by Gasteiger charge is 2.38. The fraction of sp³-hybridized carbons (Fsp3) is 0.0492. The number of rotatable bonds is 5. The second-order valence-corrected chi connectivity index (χ2v) is 17.6. The summed E-state index contributed by atoms with van der Waals surface area (Å²) < 4.78 is 0. The largest absolute Gasteiger partial charge is 0.309 e. The van der Waals surface area contributed by atoms with Gasteiger partial charge in [-0.2, -0.15) is 0 Å². The molecular weight excluding hydrogens is 747 g/mol. The number of benzene rings is 11. The number of nitrogens with zero attached hydrogens (tertiary/aromatic N) is 1. The van der Waals surface area contributed by atoms with Gasteiger partial charge in [0.05, 0.1) is 11.4 Å². The van der Waals surface area contributed by atoms with Crippen LogP contribution in [0.1, 0.15) is 25.0 Å². The van der Waals surface area contributed by atoms with Crippen molar-refractivity contribution in [1.29, 1.82) is 0 Å². The maximum atomic E-state index is 2.55. The van der Waals surface area contributed by atoms with E-state index in [4.69, 9.17) is 0 Å². The molecular formula is C61H41N. The third kappa shape index (κ3) is 4.97. The molecule has 0 aromatic heterocycles. The van der Waals surface area contributed by atoms with Crippen LogP contribution in [0.25, 0.3) is 98.0 Å². The Bertz CT molecular complexity index is 3740. The van der Waals surface area contributed by atoms with E-state index in [1.165, 1.54) is 121 Å². The first-order valence-electron chi connectivity index (χ1n) is 21.8. The highest BCUT2D eigenvalue weighted by atomic mass is 15.1. The molecule has 0 bridgehead atoms. The van der Waals surface area contributed by atoms with Crippen LogP contribution < -0.4 is 4.90 Å². The zero-order valence-electron chi connectivity index (χ0n) is 34.7. The van der Waals surface area contributed by atoms with Crippen molar-refractivity contribution in [2.24, 2.45) is 0 Å². The van der Waals surface area contributed by atoms with Crippen LogP contribution in [0.5, 0.6) is 0 Å². The molecule has 0 radical (unpaired) electrons. The first-order valence-corrected chi connectivity index (χ1v) is 21.8. The van der Waals surface area contributed by atoms with E-state index in [-0.39, 0.29) is 5.41 Å². The molecule has 12 aromatic rings. The summed E-state index contributed by atoms with van der Waals surface area (Å²) in [6.45, 7) is 4.75. The van der Waals surface area contributed by atoms with Crippen LogP contribution in [-0.4, -0.2) is 0 Å². The molecule has 1 aliphatic rings. The van der Waals surface area contributed by atoms with E-state index in [2.05, 4.69) is 231 Å². The normalized spacial score (nSPS) is 13.1. The zero-order chi connectivity index (χ0) is 41.1. The summed E-state index contributed by atoms with van der Waals surface area (Å²) in [6, 6.07) is 79.4. The molecule has 0 amide bonds. The lowest BCUT2D eigenvalue weighted by Crippen LogP contribution is -2.16. The minimum Gasteiger partial charge on any atom is -0.309 e. The van der Waals surface area contributed by atoms with Gasteiger partial charge < -0.3 is 4.90 Å². The van der Waals surface area contributed by atoms with Crippen LogP contribution in [-0.2, 0) is 5.41 Å². The van der Waals surface area contributed by atoms with E-state index < -0.39 is 0 Å². The van der Waals surface area contributed by atoms with Gasteiger partial charge >= 0.3 is 0 Å². The molecule has 1 heteroatoms. The topological polar surface area (TPSA) is 3.24 Å². The molecule has 0 N–H and O–H groups in total. The Morgan fingerprint density at radius 1 is 0.323 bits per heavy atom. The summed E-state index contributed by atoms with van der Waals surface area (Å²) in [7, 11) is 0. The number of hydrogen-bond donors (Lipinski definition) is 0. The third-order valence-corrected chi connectivity index (χ3v) is 14.0. The molecule has 0 fully saturated rings. The molecule has 290 valence electrons. The molecule has 0 aliphatic heterocycles. The molecule has 0 heterocycles. The van der Waals surface area contributed by atoms with Crippen molar-refractivity contribution in [3.05, 3.63) is 223 Å². The van der Waals surface area contributed by atoms with E-state index in [1.54, 1.807) is 0 Å². The van der Waals surface area contributed by atoms with Crippen molar-refractivity contribution in [1.82, 2.24) is 0 Å². The van der Waals surface area contributed by atoms with Gasteiger partial charge in [0, 0.05) is 27.4 Å². The van der Waals surface area contributed by atoms with E-state index in [1.807, 2.05) is 0 Å². The van der Waals surface area contributed by atoms with Crippen LogP contribution in [0.3, 0.4) is 0 Å². The average molecular weight is 788 g/mol. The lowest BCUT2D eigenvalue weighted by atomic mass is 9.82. The van der Waals surface area contributed by atoms with Gasteiger partial charge in [-0.25, -0.2) is 0 Å². The summed E-state index contributed by atoms with van der Waals surface area (Å²) >= 11 is 0. The van der Waals surface area contributed by atoms with Gasteiger partial charge in [-0.1, -0.05) is 202 Å². The Balaban J connectivity index is 1.11.